The van der Waals surface area contributed by atoms with Crippen molar-refractivity contribution in [3.8, 4) is 11.8 Å². The highest BCUT2D eigenvalue weighted by atomic mass is 15.3. The predicted molar refractivity (Wildman–Crippen MR) is 94.5 cm³/mol. The fraction of sp³-hybridized carbons (Fsp3) is 0.474. The molecular weight excluding hydrogens is 298 g/mol. The molecule has 0 saturated carbocycles. The number of para-hydroxylation sites is 1. The second-order valence-electron chi connectivity index (χ2n) is 6.64. The van der Waals surface area contributed by atoms with Crippen molar-refractivity contribution in [3.63, 3.8) is 0 Å². The van der Waals surface area contributed by atoms with Gasteiger partial charge in [-0.1, -0.05) is 18.6 Å². The van der Waals surface area contributed by atoms with Crippen LogP contribution >= 0.6 is 0 Å². The molecule has 2 aliphatic rings. The lowest BCUT2D eigenvalue weighted by molar-refractivity contribution is 0.230. The molecule has 1 aromatic heterocycles. The van der Waals surface area contributed by atoms with Gasteiger partial charge >= 0.3 is 0 Å². The Morgan fingerprint density at radius 2 is 2.00 bits per heavy atom. The van der Waals surface area contributed by atoms with Gasteiger partial charge in [0.15, 0.2) is 0 Å². The Morgan fingerprint density at radius 1 is 1.17 bits per heavy atom. The van der Waals surface area contributed by atoms with Crippen molar-refractivity contribution in [2.75, 3.05) is 31.5 Å². The van der Waals surface area contributed by atoms with Crippen molar-refractivity contribution < 1.29 is 0 Å². The normalized spacial score (nSPS) is 17.3. The number of nitriles is 1. The molecule has 0 amide bonds. The summed E-state index contributed by atoms with van der Waals surface area (Å²) in [5.74, 6) is 1.08. The minimum absolute atomic E-state index is 0.666. The van der Waals surface area contributed by atoms with E-state index < -0.39 is 0 Å². The largest absolute Gasteiger partial charge is 0.369 e. The van der Waals surface area contributed by atoms with Crippen molar-refractivity contribution in [1.29, 1.82) is 5.26 Å². The Balaban J connectivity index is 1.61. The van der Waals surface area contributed by atoms with Crippen LogP contribution in [0.5, 0.6) is 0 Å². The van der Waals surface area contributed by atoms with E-state index in [1.807, 2.05) is 28.9 Å². The van der Waals surface area contributed by atoms with Crippen molar-refractivity contribution in [2.45, 2.75) is 32.1 Å². The molecule has 124 valence electrons. The Morgan fingerprint density at radius 3 is 2.83 bits per heavy atom. The van der Waals surface area contributed by atoms with E-state index in [0.717, 1.165) is 37.4 Å². The van der Waals surface area contributed by atoms with Gasteiger partial charge in [0.1, 0.15) is 11.9 Å². The van der Waals surface area contributed by atoms with Gasteiger partial charge in [-0.2, -0.15) is 10.4 Å². The number of hydrogen-bond donors (Lipinski definition) is 1. The van der Waals surface area contributed by atoms with E-state index in [1.165, 1.54) is 43.6 Å². The van der Waals surface area contributed by atoms with E-state index in [2.05, 4.69) is 16.3 Å². The number of rotatable bonds is 4. The molecule has 1 fully saturated rings. The van der Waals surface area contributed by atoms with Crippen LogP contribution in [0, 0.1) is 11.3 Å². The van der Waals surface area contributed by atoms with Gasteiger partial charge in [0.25, 0.3) is 0 Å². The van der Waals surface area contributed by atoms with Crippen LogP contribution < -0.4 is 5.32 Å². The van der Waals surface area contributed by atoms with Crippen molar-refractivity contribution in [1.82, 2.24) is 14.7 Å². The number of piperidine rings is 1. The first-order valence-electron chi connectivity index (χ1n) is 8.93. The maximum atomic E-state index is 9.39. The second-order valence-corrected chi connectivity index (χ2v) is 6.64. The zero-order valence-electron chi connectivity index (χ0n) is 14.0. The molecule has 1 saturated heterocycles. The standard InChI is InChI=1S/C19H23N5/c20-14-15-6-2-3-7-18(15)24-19-16(8-10-21-19)17(22-24)9-13-23-11-4-1-5-12-23/h2-3,6-7,21H,1,4-5,8-13H2. The van der Waals surface area contributed by atoms with Gasteiger partial charge < -0.3 is 10.2 Å². The van der Waals surface area contributed by atoms with E-state index in [9.17, 15) is 5.26 Å². The average Bonchev–Trinajstić information content (AvgIpc) is 3.24. The fourth-order valence-electron chi connectivity index (χ4n) is 3.82. The lowest BCUT2D eigenvalue weighted by Crippen LogP contribution is -2.31. The molecule has 1 N–H and O–H groups in total. The molecule has 0 atom stereocenters. The lowest BCUT2D eigenvalue weighted by Gasteiger charge is -2.26. The molecule has 0 spiro atoms. The third-order valence-electron chi connectivity index (χ3n) is 5.10. The minimum Gasteiger partial charge on any atom is -0.369 e. The molecule has 4 rings (SSSR count). The number of hydrogen-bond acceptors (Lipinski definition) is 4. The second kappa shape index (κ2) is 6.66. The third-order valence-corrected chi connectivity index (χ3v) is 5.10. The quantitative estimate of drug-likeness (QED) is 0.941. The number of benzene rings is 1. The van der Waals surface area contributed by atoms with Gasteiger partial charge in [0, 0.05) is 25.1 Å². The van der Waals surface area contributed by atoms with Crippen LogP contribution in [0.2, 0.25) is 0 Å². The Kier molecular flexibility index (Phi) is 4.22. The first kappa shape index (κ1) is 15.2. The van der Waals surface area contributed by atoms with E-state index in [-0.39, 0.29) is 0 Å². The van der Waals surface area contributed by atoms with Crippen LogP contribution in [0.4, 0.5) is 5.82 Å². The lowest BCUT2D eigenvalue weighted by atomic mass is 10.1. The predicted octanol–water partition coefficient (Wildman–Crippen LogP) is 2.74. The average molecular weight is 321 g/mol. The van der Waals surface area contributed by atoms with Gasteiger partial charge in [-0.15, -0.1) is 0 Å². The highest BCUT2D eigenvalue weighted by Gasteiger charge is 2.24. The fourth-order valence-corrected chi connectivity index (χ4v) is 3.82. The van der Waals surface area contributed by atoms with Gasteiger partial charge in [0.05, 0.1) is 16.9 Å². The van der Waals surface area contributed by atoms with Crippen LogP contribution in [0.15, 0.2) is 24.3 Å². The minimum atomic E-state index is 0.666. The molecule has 5 nitrogen and oxygen atoms in total. The van der Waals surface area contributed by atoms with Crippen molar-refractivity contribution >= 4 is 5.82 Å². The molecular formula is C19H23N5. The van der Waals surface area contributed by atoms with Crippen LogP contribution in [0.25, 0.3) is 5.69 Å². The SMILES string of the molecule is N#Cc1ccccc1-n1nc(CCN2CCCCC2)c2c1NCC2. The highest BCUT2D eigenvalue weighted by Crippen LogP contribution is 2.30. The number of fused-ring (bicyclic) bond motifs is 1. The monoisotopic (exact) mass is 321 g/mol. The maximum absolute atomic E-state index is 9.39. The van der Waals surface area contributed by atoms with E-state index >= 15 is 0 Å². The first-order valence-corrected chi connectivity index (χ1v) is 8.93. The molecule has 0 aliphatic carbocycles. The summed E-state index contributed by atoms with van der Waals surface area (Å²) in [7, 11) is 0. The van der Waals surface area contributed by atoms with Crippen molar-refractivity contribution in [2.24, 2.45) is 0 Å². The van der Waals surface area contributed by atoms with Gasteiger partial charge in [-0.3, -0.25) is 0 Å². The number of aromatic nitrogens is 2. The van der Waals surface area contributed by atoms with Crippen LogP contribution in [0.3, 0.4) is 0 Å². The number of nitrogens with one attached hydrogen (secondary N) is 1. The van der Waals surface area contributed by atoms with E-state index in [0.29, 0.717) is 5.56 Å². The summed E-state index contributed by atoms with van der Waals surface area (Å²) < 4.78 is 1.94. The van der Waals surface area contributed by atoms with Crippen LogP contribution in [0.1, 0.15) is 36.1 Å². The molecule has 1 aromatic carbocycles. The summed E-state index contributed by atoms with van der Waals surface area (Å²) in [6, 6.07) is 9.97. The van der Waals surface area contributed by atoms with E-state index in [1.54, 1.807) is 0 Å². The number of likely N-dealkylation sites (tertiary alicyclic amines) is 1. The van der Waals surface area contributed by atoms with Gasteiger partial charge in [-0.25, -0.2) is 4.68 Å². The summed E-state index contributed by atoms with van der Waals surface area (Å²) in [5, 5.41) is 17.7. The van der Waals surface area contributed by atoms with Gasteiger partial charge in [-0.05, 0) is 44.5 Å². The molecule has 5 heteroatoms. The molecule has 3 heterocycles. The van der Waals surface area contributed by atoms with Crippen LogP contribution in [-0.2, 0) is 12.8 Å². The maximum Gasteiger partial charge on any atom is 0.133 e. The number of nitrogens with zero attached hydrogens (tertiary/aromatic N) is 4. The highest BCUT2D eigenvalue weighted by molar-refractivity contribution is 5.60. The molecule has 2 aromatic rings. The molecule has 0 unspecified atom stereocenters. The molecule has 2 aliphatic heterocycles. The van der Waals surface area contributed by atoms with E-state index in [4.69, 9.17) is 5.10 Å². The third kappa shape index (κ3) is 2.78. The molecule has 0 bridgehead atoms. The van der Waals surface area contributed by atoms with Crippen molar-refractivity contribution in [3.05, 3.63) is 41.1 Å². The molecule has 0 radical (unpaired) electrons. The topological polar surface area (TPSA) is 56.9 Å². The number of anilines is 1. The zero-order valence-corrected chi connectivity index (χ0v) is 14.0. The first-order chi connectivity index (χ1) is 11.9. The summed E-state index contributed by atoms with van der Waals surface area (Å²) >= 11 is 0. The van der Waals surface area contributed by atoms with Gasteiger partial charge in [0.2, 0.25) is 0 Å². The van der Waals surface area contributed by atoms with Crippen LogP contribution in [-0.4, -0.2) is 40.9 Å². The summed E-state index contributed by atoms with van der Waals surface area (Å²) in [4.78, 5) is 2.56. The summed E-state index contributed by atoms with van der Waals surface area (Å²) in [6.45, 7) is 4.48. The zero-order chi connectivity index (χ0) is 16.4. The summed E-state index contributed by atoms with van der Waals surface area (Å²) in [5.41, 5.74) is 4.06. The smallest absolute Gasteiger partial charge is 0.133 e. The molecule has 24 heavy (non-hydrogen) atoms. The Bertz CT molecular complexity index is 765. The Hall–Kier alpha value is -2.32. The Labute approximate surface area is 142 Å². The summed E-state index contributed by atoms with van der Waals surface area (Å²) in [6.07, 6.45) is 6.04.